The second-order valence-corrected chi connectivity index (χ2v) is 5.64. The summed E-state index contributed by atoms with van der Waals surface area (Å²) in [6, 6.07) is 6.26. The summed E-state index contributed by atoms with van der Waals surface area (Å²) in [5.74, 6) is -0.260. The van der Waals surface area contributed by atoms with Gasteiger partial charge in [-0.15, -0.1) is 0 Å². The van der Waals surface area contributed by atoms with Gasteiger partial charge >= 0.3 is 0 Å². The monoisotopic (exact) mass is 322 g/mol. The van der Waals surface area contributed by atoms with Gasteiger partial charge in [-0.2, -0.15) is 0 Å². The molecule has 0 radical (unpaired) electrons. The zero-order chi connectivity index (χ0) is 15.9. The summed E-state index contributed by atoms with van der Waals surface area (Å²) in [5.41, 5.74) is 5.89. The number of thiocarbonyl (C=S) groups is 1. The minimum atomic E-state index is -0.474. The first kappa shape index (κ1) is 16.2. The maximum absolute atomic E-state index is 11.8. The van der Waals surface area contributed by atoms with Gasteiger partial charge in [-0.3, -0.25) is 25.8 Å². The highest BCUT2D eigenvalue weighted by Crippen LogP contribution is 2.17. The van der Waals surface area contributed by atoms with Crippen LogP contribution >= 0.6 is 12.2 Å². The number of benzene rings is 1. The first-order chi connectivity index (χ1) is 10.5. The van der Waals surface area contributed by atoms with Crippen LogP contribution < -0.4 is 16.2 Å². The van der Waals surface area contributed by atoms with Crippen LogP contribution in [0.3, 0.4) is 0 Å². The van der Waals surface area contributed by atoms with Crippen LogP contribution in [-0.2, 0) is 11.2 Å². The Bertz CT molecular complexity index is 556. The number of amides is 1. The lowest BCUT2D eigenvalue weighted by Crippen LogP contribution is -2.49. The van der Waals surface area contributed by atoms with Gasteiger partial charge in [0.2, 0.25) is 5.91 Å². The molecule has 1 aromatic carbocycles. The van der Waals surface area contributed by atoms with Crippen molar-refractivity contribution in [3.8, 4) is 0 Å². The Morgan fingerprint density at radius 1 is 1.23 bits per heavy atom. The van der Waals surface area contributed by atoms with E-state index in [0.717, 1.165) is 12.8 Å². The molecule has 1 fully saturated rings. The number of hydrazine groups is 1. The molecule has 1 aliphatic carbocycles. The maximum Gasteiger partial charge on any atom is 0.269 e. The molecule has 3 N–H and O–H groups in total. The minimum Gasteiger partial charge on any atom is -0.359 e. The highest BCUT2D eigenvalue weighted by molar-refractivity contribution is 7.80. The fraction of sp³-hybridized carbons (Fsp3) is 0.429. The Balaban J connectivity index is 1.72. The van der Waals surface area contributed by atoms with E-state index in [1.807, 2.05) is 0 Å². The molecule has 22 heavy (non-hydrogen) atoms. The highest BCUT2D eigenvalue weighted by atomic mass is 32.1. The van der Waals surface area contributed by atoms with Crippen LogP contribution in [0.5, 0.6) is 0 Å². The number of non-ortho nitro benzene ring substituents is 1. The topological polar surface area (TPSA) is 96.3 Å². The molecule has 0 aromatic heterocycles. The van der Waals surface area contributed by atoms with Gasteiger partial charge in [0, 0.05) is 18.2 Å². The van der Waals surface area contributed by atoms with Gasteiger partial charge in [0.15, 0.2) is 5.11 Å². The Hall–Kier alpha value is -2.22. The number of nitrogens with one attached hydrogen (secondary N) is 3. The second kappa shape index (κ2) is 7.69. The maximum atomic E-state index is 11.8. The van der Waals surface area contributed by atoms with Crippen LogP contribution in [0.2, 0.25) is 0 Å². The van der Waals surface area contributed by atoms with Gasteiger partial charge in [-0.25, -0.2) is 0 Å². The lowest BCUT2D eigenvalue weighted by molar-refractivity contribution is -0.384. The fourth-order valence-corrected chi connectivity index (χ4v) is 2.60. The van der Waals surface area contributed by atoms with E-state index in [4.69, 9.17) is 12.2 Å². The van der Waals surface area contributed by atoms with E-state index in [1.54, 1.807) is 12.1 Å². The van der Waals surface area contributed by atoms with E-state index >= 15 is 0 Å². The predicted octanol–water partition coefficient (Wildman–Crippen LogP) is 1.58. The molecule has 1 amide bonds. The van der Waals surface area contributed by atoms with Crippen LogP contribution in [-0.4, -0.2) is 22.0 Å². The molecule has 1 aliphatic rings. The first-order valence-corrected chi connectivity index (χ1v) is 7.54. The molecule has 7 nitrogen and oxygen atoms in total. The second-order valence-electron chi connectivity index (χ2n) is 5.23. The van der Waals surface area contributed by atoms with Crippen molar-refractivity contribution in [1.29, 1.82) is 0 Å². The van der Waals surface area contributed by atoms with E-state index in [9.17, 15) is 14.9 Å². The van der Waals surface area contributed by atoms with Gasteiger partial charge < -0.3 is 5.32 Å². The molecule has 0 aliphatic heterocycles. The van der Waals surface area contributed by atoms with Crippen molar-refractivity contribution >= 4 is 28.9 Å². The Morgan fingerprint density at radius 2 is 1.86 bits per heavy atom. The largest absolute Gasteiger partial charge is 0.359 e. The third-order valence-electron chi connectivity index (χ3n) is 3.52. The fourth-order valence-electron chi connectivity index (χ4n) is 2.38. The molecule has 2 rings (SSSR count). The molecule has 118 valence electrons. The molecule has 0 atom stereocenters. The lowest BCUT2D eigenvalue weighted by atomic mass is 10.1. The number of nitro benzene ring substituents is 1. The Labute approximate surface area is 133 Å². The summed E-state index contributed by atoms with van der Waals surface area (Å²) < 4.78 is 0. The molecule has 0 unspecified atom stereocenters. The first-order valence-electron chi connectivity index (χ1n) is 7.13. The molecule has 1 aromatic rings. The molecule has 0 bridgehead atoms. The summed E-state index contributed by atoms with van der Waals surface area (Å²) in [4.78, 5) is 21.9. The lowest BCUT2D eigenvalue weighted by Gasteiger charge is -2.16. The van der Waals surface area contributed by atoms with Crippen LogP contribution in [0.15, 0.2) is 24.3 Å². The van der Waals surface area contributed by atoms with Crippen LogP contribution in [0.1, 0.15) is 31.2 Å². The third-order valence-corrected chi connectivity index (χ3v) is 3.74. The van der Waals surface area contributed by atoms with Gasteiger partial charge in [-0.05, 0) is 30.6 Å². The van der Waals surface area contributed by atoms with E-state index in [2.05, 4.69) is 16.2 Å². The molecule has 0 heterocycles. The standard InChI is InChI=1S/C14H18N4O3S/c19-13(9-10-5-7-12(8-6-10)18(20)21)16-17-14(22)15-11-3-1-2-4-11/h5-8,11H,1-4,9H2,(H,16,19)(H2,15,17,22). The predicted molar refractivity (Wildman–Crippen MR) is 86.1 cm³/mol. The van der Waals surface area contributed by atoms with Crippen molar-refractivity contribution < 1.29 is 9.72 Å². The van der Waals surface area contributed by atoms with Gasteiger partial charge in [-0.1, -0.05) is 25.0 Å². The zero-order valence-corrected chi connectivity index (χ0v) is 12.8. The number of carbonyl (C=O) groups excluding carboxylic acids is 1. The van der Waals surface area contributed by atoms with Crippen LogP contribution in [0, 0.1) is 10.1 Å². The number of nitro groups is 1. The number of rotatable bonds is 4. The van der Waals surface area contributed by atoms with E-state index in [0.29, 0.717) is 16.7 Å². The molecule has 0 saturated heterocycles. The summed E-state index contributed by atoms with van der Waals surface area (Å²) in [6.07, 6.45) is 4.72. The molecule has 8 heteroatoms. The Morgan fingerprint density at radius 3 is 2.45 bits per heavy atom. The van der Waals surface area contributed by atoms with Crippen molar-refractivity contribution in [2.24, 2.45) is 0 Å². The van der Waals surface area contributed by atoms with E-state index in [-0.39, 0.29) is 18.0 Å². The highest BCUT2D eigenvalue weighted by Gasteiger charge is 2.15. The summed E-state index contributed by atoms with van der Waals surface area (Å²) in [5, 5.41) is 14.1. The molecule has 1 saturated carbocycles. The van der Waals surface area contributed by atoms with Gasteiger partial charge in [0.05, 0.1) is 11.3 Å². The third kappa shape index (κ3) is 4.96. The molecule has 0 spiro atoms. The van der Waals surface area contributed by atoms with Crippen molar-refractivity contribution in [3.63, 3.8) is 0 Å². The molecular formula is C14H18N4O3S. The number of carbonyl (C=O) groups is 1. The van der Waals surface area contributed by atoms with Crippen LogP contribution in [0.4, 0.5) is 5.69 Å². The van der Waals surface area contributed by atoms with E-state index < -0.39 is 4.92 Å². The average molecular weight is 322 g/mol. The van der Waals surface area contributed by atoms with E-state index in [1.165, 1.54) is 25.0 Å². The van der Waals surface area contributed by atoms with Gasteiger partial charge in [0.1, 0.15) is 0 Å². The summed E-state index contributed by atoms with van der Waals surface area (Å²) in [6.45, 7) is 0. The SMILES string of the molecule is O=C(Cc1ccc([N+](=O)[O-])cc1)NNC(=S)NC1CCCC1. The smallest absolute Gasteiger partial charge is 0.269 e. The van der Waals surface area contributed by atoms with Crippen LogP contribution in [0.25, 0.3) is 0 Å². The summed E-state index contributed by atoms with van der Waals surface area (Å²) >= 11 is 5.11. The number of hydrogen-bond acceptors (Lipinski definition) is 4. The quantitative estimate of drug-likeness (QED) is 0.442. The minimum absolute atomic E-state index is 0.00391. The zero-order valence-electron chi connectivity index (χ0n) is 12.0. The van der Waals surface area contributed by atoms with Crippen molar-refractivity contribution in [2.45, 2.75) is 38.1 Å². The van der Waals surface area contributed by atoms with Crippen molar-refractivity contribution in [2.75, 3.05) is 0 Å². The van der Waals surface area contributed by atoms with Gasteiger partial charge in [0.25, 0.3) is 5.69 Å². The number of hydrogen-bond donors (Lipinski definition) is 3. The average Bonchev–Trinajstić information content (AvgIpc) is 2.98. The summed E-state index contributed by atoms with van der Waals surface area (Å²) in [7, 11) is 0. The molecular weight excluding hydrogens is 304 g/mol. The Kier molecular flexibility index (Phi) is 5.65. The normalized spacial score (nSPS) is 14.4. The van der Waals surface area contributed by atoms with Crippen molar-refractivity contribution in [1.82, 2.24) is 16.2 Å². The number of nitrogens with zero attached hydrogens (tertiary/aromatic N) is 1. The van der Waals surface area contributed by atoms with Crippen molar-refractivity contribution in [3.05, 3.63) is 39.9 Å².